The van der Waals surface area contributed by atoms with Crippen molar-refractivity contribution in [2.45, 2.75) is 6.92 Å². The van der Waals surface area contributed by atoms with E-state index in [1.807, 2.05) is 0 Å². The summed E-state index contributed by atoms with van der Waals surface area (Å²) in [6.45, 7) is 1.54. The Morgan fingerprint density at radius 2 is 1.81 bits per heavy atom. The number of benzene rings is 2. The second-order valence-corrected chi connectivity index (χ2v) is 5.92. The van der Waals surface area contributed by atoms with E-state index < -0.39 is 10.8 Å². The molecule has 136 valence electrons. The van der Waals surface area contributed by atoms with E-state index in [1.165, 1.54) is 22.9 Å². The third-order valence-corrected chi connectivity index (χ3v) is 4.15. The number of nitro groups is 1. The zero-order chi connectivity index (χ0) is 19.6. The van der Waals surface area contributed by atoms with Gasteiger partial charge in [-0.05, 0) is 31.2 Å². The van der Waals surface area contributed by atoms with Crippen molar-refractivity contribution in [3.8, 4) is 11.3 Å². The number of anilines is 1. The van der Waals surface area contributed by atoms with Gasteiger partial charge in [0.2, 0.25) is 0 Å². The van der Waals surface area contributed by atoms with Gasteiger partial charge in [0, 0.05) is 41.6 Å². The lowest BCUT2D eigenvalue weighted by Crippen LogP contribution is -2.18. The molecule has 1 amide bonds. The summed E-state index contributed by atoms with van der Waals surface area (Å²) in [6.07, 6.45) is 0. The lowest BCUT2D eigenvalue weighted by Gasteiger charge is -2.09. The molecule has 0 radical (unpaired) electrons. The first kappa shape index (κ1) is 18.0. The van der Waals surface area contributed by atoms with Gasteiger partial charge in [-0.3, -0.25) is 19.7 Å². The van der Waals surface area contributed by atoms with Crippen LogP contribution in [0.1, 0.15) is 15.9 Å². The molecule has 27 heavy (non-hydrogen) atoms. The van der Waals surface area contributed by atoms with Crippen LogP contribution in [-0.4, -0.2) is 20.6 Å². The number of nitrogens with one attached hydrogen (secondary N) is 1. The summed E-state index contributed by atoms with van der Waals surface area (Å²) in [7, 11) is 1.57. The van der Waals surface area contributed by atoms with Crippen molar-refractivity contribution < 1.29 is 9.72 Å². The molecule has 2 aromatic carbocycles. The predicted molar refractivity (Wildman–Crippen MR) is 101 cm³/mol. The van der Waals surface area contributed by atoms with E-state index in [0.29, 0.717) is 16.9 Å². The molecule has 0 aliphatic carbocycles. The monoisotopic (exact) mass is 364 g/mol. The third-order valence-electron chi connectivity index (χ3n) is 4.15. The predicted octanol–water partition coefficient (Wildman–Crippen LogP) is 2.92. The molecule has 0 atom stereocenters. The van der Waals surface area contributed by atoms with Crippen LogP contribution in [0.25, 0.3) is 11.3 Å². The minimum absolute atomic E-state index is 0.0984. The Morgan fingerprint density at radius 3 is 2.44 bits per heavy atom. The number of carbonyl (C=O) groups is 1. The third kappa shape index (κ3) is 3.74. The molecule has 3 aromatic rings. The Morgan fingerprint density at radius 1 is 1.11 bits per heavy atom. The van der Waals surface area contributed by atoms with Crippen LogP contribution in [0.5, 0.6) is 0 Å². The van der Waals surface area contributed by atoms with Crippen molar-refractivity contribution in [3.63, 3.8) is 0 Å². The normalized spacial score (nSPS) is 10.4. The van der Waals surface area contributed by atoms with Crippen LogP contribution in [-0.2, 0) is 7.05 Å². The average Bonchev–Trinajstić information content (AvgIpc) is 2.64. The van der Waals surface area contributed by atoms with Crippen LogP contribution in [0.2, 0.25) is 0 Å². The molecule has 0 bridgehead atoms. The standard InChI is InChI=1S/C19H16N4O4/c1-12-15(4-3-5-17(12)23(26)27)19(25)20-14-8-6-13(7-9-14)16-10-11-18(24)22(2)21-16/h3-11H,1-2H3,(H,20,25). The Hall–Kier alpha value is -3.81. The van der Waals surface area contributed by atoms with Crippen LogP contribution in [0, 0.1) is 17.0 Å². The highest BCUT2D eigenvalue weighted by molar-refractivity contribution is 6.05. The number of hydrogen-bond donors (Lipinski definition) is 1. The Kier molecular flexibility index (Phi) is 4.80. The van der Waals surface area contributed by atoms with Gasteiger partial charge in [0.1, 0.15) is 0 Å². The van der Waals surface area contributed by atoms with E-state index >= 15 is 0 Å². The van der Waals surface area contributed by atoms with Gasteiger partial charge in [0.15, 0.2) is 0 Å². The van der Waals surface area contributed by atoms with Gasteiger partial charge in [-0.2, -0.15) is 5.10 Å². The fourth-order valence-electron chi connectivity index (χ4n) is 2.65. The van der Waals surface area contributed by atoms with Gasteiger partial charge in [-0.1, -0.05) is 18.2 Å². The zero-order valence-electron chi connectivity index (χ0n) is 14.7. The van der Waals surface area contributed by atoms with E-state index in [0.717, 1.165) is 5.56 Å². The van der Waals surface area contributed by atoms with Gasteiger partial charge in [-0.15, -0.1) is 0 Å². The van der Waals surface area contributed by atoms with Crippen molar-refractivity contribution in [2.24, 2.45) is 7.05 Å². The van der Waals surface area contributed by atoms with Gasteiger partial charge >= 0.3 is 0 Å². The van der Waals surface area contributed by atoms with Gasteiger partial charge in [0.25, 0.3) is 17.2 Å². The fraction of sp³-hybridized carbons (Fsp3) is 0.105. The molecule has 0 unspecified atom stereocenters. The minimum Gasteiger partial charge on any atom is -0.322 e. The van der Waals surface area contributed by atoms with Crippen LogP contribution >= 0.6 is 0 Å². The summed E-state index contributed by atoms with van der Waals surface area (Å²) in [4.78, 5) is 34.4. The number of amides is 1. The maximum Gasteiger partial charge on any atom is 0.273 e. The number of nitro benzene ring substituents is 1. The average molecular weight is 364 g/mol. The molecule has 0 aliphatic rings. The molecular weight excluding hydrogens is 348 g/mol. The fourth-order valence-corrected chi connectivity index (χ4v) is 2.65. The lowest BCUT2D eigenvalue weighted by atomic mass is 10.1. The Balaban J connectivity index is 1.81. The van der Waals surface area contributed by atoms with Crippen molar-refractivity contribution in [2.75, 3.05) is 5.32 Å². The Labute approximate surface area is 154 Å². The van der Waals surface area contributed by atoms with Crippen LogP contribution < -0.4 is 10.9 Å². The molecule has 1 heterocycles. The summed E-state index contributed by atoms with van der Waals surface area (Å²) in [5.74, 6) is -0.427. The maximum absolute atomic E-state index is 12.5. The number of carbonyl (C=O) groups excluding carboxylic acids is 1. The highest BCUT2D eigenvalue weighted by Crippen LogP contribution is 2.23. The molecule has 1 N–H and O–H groups in total. The van der Waals surface area contributed by atoms with Crippen molar-refractivity contribution in [1.29, 1.82) is 0 Å². The van der Waals surface area contributed by atoms with Gasteiger partial charge in [-0.25, -0.2) is 4.68 Å². The largest absolute Gasteiger partial charge is 0.322 e. The second kappa shape index (κ2) is 7.20. The van der Waals surface area contributed by atoms with E-state index in [4.69, 9.17) is 0 Å². The van der Waals surface area contributed by atoms with Crippen molar-refractivity contribution >= 4 is 17.3 Å². The van der Waals surface area contributed by atoms with Crippen LogP contribution in [0.3, 0.4) is 0 Å². The van der Waals surface area contributed by atoms with Crippen LogP contribution in [0.4, 0.5) is 11.4 Å². The molecule has 1 aromatic heterocycles. The molecule has 8 nitrogen and oxygen atoms in total. The number of aromatic nitrogens is 2. The first-order valence-corrected chi connectivity index (χ1v) is 8.07. The zero-order valence-corrected chi connectivity index (χ0v) is 14.7. The van der Waals surface area contributed by atoms with Gasteiger partial charge in [0.05, 0.1) is 10.6 Å². The second-order valence-electron chi connectivity index (χ2n) is 5.92. The summed E-state index contributed by atoms with van der Waals surface area (Å²) >= 11 is 0. The topological polar surface area (TPSA) is 107 Å². The smallest absolute Gasteiger partial charge is 0.273 e. The van der Waals surface area contributed by atoms with E-state index in [1.54, 1.807) is 50.4 Å². The molecule has 0 saturated heterocycles. The highest BCUT2D eigenvalue weighted by Gasteiger charge is 2.18. The van der Waals surface area contributed by atoms with E-state index in [2.05, 4.69) is 10.4 Å². The number of hydrogen-bond acceptors (Lipinski definition) is 5. The highest BCUT2D eigenvalue weighted by atomic mass is 16.6. The molecule has 0 fully saturated rings. The molecule has 3 rings (SSSR count). The summed E-state index contributed by atoms with van der Waals surface area (Å²) < 4.78 is 1.25. The number of nitrogens with zero attached hydrogens (tertiary/aromatic N) is 3. The molecule has 8 heteroatoms. The quantitative estimate of drug-likeness (QED) is 0.566. The number of aryl methyl sites for hydroxylation is 1. The van der Waals surface area contributed by atoms with E-state index in [9.17, 15) is 19.7 Å². The summed E-state index contributed by atoms with van der Waals surface area (Å²) in [5, 5.41) is 17.9. The first-order valence-electron chi connectivity index (χ1n) is 8.07. The van der Waals surface area contributed by atoms with Crippen molar-refractivity contribution in [1.82, 2.24) is 9.78 Å². The first-order chi connectivity index (χ1) is 12.9. The summed E-state index contributed by atoms with van der Waals surface area (Å²) in [5.41, 5.74) is 2.21. The molecule has 0 spiro atoms. The van der Waals surface area contributed by atoms with Crippen LogP contribution in [0.15, 0.2) is 59.4 Å². The lowest BCUT2D eigenvalue weighted by molar-refractivity contribution is -0.385. The summed E-state index contributed by atoms with van der Waals surface area (Å²) in [6, 6.07) is 14.4. The minimum atomic E-state index is -0.513. The molecule has 0 aliphatic heterocycles. The van der Waals surface area contributed by atoms with Crippen molar-refractivity contribution in [3.05, 3.63) is 86.2 Å². The van der Waals surface area contributed by atoms with E-state index in [-0.39, 0.29) is 16.8 Å². The maximum atomic E-state index is 12.5. The van der Waals surface area contributed by atoms with Gasteiger partial charge < -0.3 is 5.32 Å². The number of rotatable bonds is 4. The SMILES string of the molecule is Cc1c(C(=O)Nc2ccc(-c3ccc(=O)n(C)n3)cc2)cccc1[N+](=O)[O-]. The molecule has 0 saturated carbocycles. The Bertz CT molecular complexity index is 1090. The molecular formula is C19H16N4O4.